The van der Waals surface area contributed by atoms with Gasteiger partial charge in [-0.15, -0.1) is 0 Å². The van der Waals surface area contributed by atoms with Crippen LogP contribution >= 0.6 is 0 Å². The van der Waals surface area contributed by atoms with Crippen molar-refractivity contribution in [3.05, 3.63) is 17.7 Å². The van der Waals surface area contributed by atoms with E-state index < -0.39 is 11.9 Å². The number of hydrogen-bond acceptors (Lipinski definition) is 6. The lowest BCUT2D eigenvalue weighted by Gasteiger charge is -2.14. The average molecular weight is 278 g/mol. The van der Waals surface area contributed by atoms with E-state index >= 15 is 0 Å². The Kier molecular flexibility index (Phi) is 5.35. The summed E-state index contributed by atoms with van der Waals surface area (Å²) in [7, 11) is 4.07. The Bertz CT molecular complexity index is 563. The first-order valence-electron chi connectivity index (χ1n) is 5.58. The van der Waals surface area contributed by atoms with Gasteiger partial charge in [-0.1, -0.05) is 0 Å². The van der Waals surface area contributed by atoms with E-state index in [0.717, 1.165) is 0 Å². The first-order valence-corrected chi connectivity index (χ1v) is 5.58. The van der Waals surface area contributed by atoms with E-state index in [2.05, 4.69) is 10.1 Å². The molecule has 0 fully saturated rings. The molecule has 0 aromatic heterocycles. The summed E-state index contributed by atoms with van der Waals surface area (Å²) >= 11 is 0. The second-order valence-corrected chi connectivity index (χ2v) is 3.63. The number of anilines is 1. The lowest BCUT2D eigenvalue weighted by Crippen LogP contribution is -2.15. The van der Waals surface area contributed by atoms with Gasteiger partial charge in [0.15, 0.2) is 11.5 Å². The number of nitrogens with one attached hydrogen (secondary N) is 1. The van der Waals surface area contributed by atoms with Gasteiger partial charge >= 0.3 is 5.97 Å². The second kappa shape index (κ2) is 6.99. The molecule has 0 heterocycles. The van der Waals surface area contributed by atoms with Gasteiger partial charge in [0.2, 0.25) is 5.91 Å². The maximum atomic E-state index is 11.7. The molecule has 0 atom stereocenters. The first kappa shape index (κ1) is 15.3. The van der Waals surface area contributed by atoms with Crippen LogP contribution in [0.15, 0.2) is 12.1 Å². The molecule has 0 spiro atoms. The molecule has 1 amide bonds. The lowest BCUT2D eigenvalue weighted by molar-refractivity contribution is -0.115. The summed E-state index contributed by atoms with van der Waals surface area (Å²) in [6, 6.07) is 4.54. The third-order valence-electron chi connectivity index (χ3n) is 2.44. The maximum absolute atomic E-state index is 11.7. The number of nitrogens with zero attached hydrogens (tertiary/aromatic N) is 1. The molecule has 1 N–H and O–H groups in total. The number of hydrogen-bond donors (Lipinski definition) is 1. The normalized spacial score (nSPS) is 9.30. The Balaban J connectivity index is 3.27. The van der Waals surface area contributed by atoms with Crippen LogP contribution in [0.1, 0.15) is 16.8 Å². The summed E-state index contributed by atoms with van der Waals surface area (Å²) in [5.41, 5.74) is 0.297. The highest BCUT2D eigenvalue weighted by molar-refractivity contribution is 6.02. The first-order chi connectivity index (χ1) is 9.57. The van der Waals surface area contributed by atoms with Gasteiger partial charge in [-0.05, 0) is 0 Å². The van der Waals surface area contributed by atoms with Crippen molar-refractivity contribution in [1.82, 2.24) is 0 Å². The van der Waals surface area contributed by atoms with E-state index in [1.54, 1.807) is 6.07 Å². The van der Waals surface area contributed by atoms with E-state index in [9.17, 15) is 9.59 Å². The minimum Gasteiger partial charge on any atom is -0.493 e. The largest absolute Gasteiger partial charge is 0.493 e. The predicted octanol–water partition coefficient (Wildman–Crippen LogP) is 1.34. The molecule has 0 aliphatic rings. The number of amides is 1. The van der Waals surface area contributed by atoms with Crippen molar-refractivity contribution < 1.29 is 23.8 Å². The topological polar surface area (TPSA) is 97.7 Å². The molecule has 0 aliphatic carbocycles. The summed E-state index contributed by atoms with van der Waals surface area (Å²) in [6.07, 6.45) is -0.324. The Morgan fingerprint density at radius 2 is 1.80 bits per heavy atom. The van der Waals surface area contributed by atoms with E-state index in [1.807, 2.05) is 0 Å². The van der Waals surface area contributed by atoms with Gasteiger partial charge in [0.05, 0.1) is 38.6 Å². The van der Waals surface area contributed by atoms with Gasteiger partial charge in [0, 0.05) is 12.1 Å². The van der Waals surface area contributed by atoms with Gasteiger partial charge in [-0.2, -0.15) is 5.26 Å². The van der Waals surface area contributed by atoms with Crippen LogP contribution < -0.4 is 14.8 Å². The SMILES string of the molecule is COC(=O)c1cc(OC)c(OC)cc1NC(=O)CC#N. The third kappa shape index (κ3) is 3.38. The molecule has 106 valence electrons. The van der Waals surface area contributed by atoms with E-state index in [0.29, 0.717) is 11.5 Å². The Labute approximate surface area is 116 Å². The molecule has 1 aromatic carbocycles. The molecular weight excluding hydrogens is 264 g/mol. The standard InChI is InChI=1S/C13H14N2O5/c1-18-10-6-8(13(17)20-3)9(7-11(10)19-2)15-12(16)4-5-14/h6-7H,4H2,1-3H3,(H,15,16). The summed E-state index contributed by atoms with van der Waals surface area (Å²) < 4.78 is 14.8. The molecular formula is C13H14N2O5. The zero-order chi connectivity index (χ0) is 15.1. The Morgan fingerprint density at radius 3 is 2.30 bits per heavy atom. The molecule has 0 saturated heterocycles. The van der Waals surface area contributed by atoms with Crippen LogP contribution in [0, 0.1) is 11.3 Å². The summed E-state index contributed by atoms with van der Waals surface area (Å²) in [5, 5.41) is 10.9. The fraction of sp³-hybridized carbons (Fsp3) is 0.308. The fourth-order valence-corrected chi connectivity index (χ4v) is 1.53. The molecule has 0 aliphatic heterocycles. The highest BCUT2D eigenvalue weighted by Crippen LogP contribution is 2.33. The summed E-state index contributed by atoms with van der Waals surface area (Å²) in [6.45, 7) is 0. The van der Waals surface area contributed by atoms with Crippen molar-refractivity contribution in [2.75, 3.05) is 26.6 Å². The Hall–Kier alpha value is -2.75. The van der Waals surface area contributed by atoms with E-state index in [1.165, 1.54) is 33.5 Å². The number of ether oxygens (including phenoxy) is 3. The molecule has 1 aromatic rings. The van der Waals surface area contributed by atoms with Gasteiger partial charge in [0.1, 0.15) is 6.42 Å². The molecule has 7 nitrogen and oxygen atoms in total. The quantitative estimate of drug-likeness (QED) is 0.816. The molecule has 20 heavy (non-hydrogen) atoms. The third-order valence-corrected chi connectivity index (χ3v) is 2.44. The average Bonchev–Trinajstić information content (AvgIpc) is 2.46. The predicted molar refractivity (Wildman–Crippen MR) is 69.7 cm³/mol. The highest BCUT2D eigenvalue weighted by Gasteiger charge is 2.18. The van der Waals surface area contributed by atoms with Crippen LogP contribution in [0.5, 0.6) is 11.5 Å². The summed E-state index contributed by atoms with van der Waals surface area (Å²) in [5.74, 6) is -0.512. The smallest absolute Gasteiger partial charge is 0.340 e. The molecule has 1 rings (SSSR count). The van der Waals surface area contributed by atoms with E-state index in [-0.39, 0.29) is 17.7 Å². The Morgan fingerprint density at radius 1 is 1.20 bits per heavy atom. The van der Waals surface area contributed by atoms with Gasteiger partial charge < -0.3 is 19.5 Å². The van der Waals surface area contributed by atoms with Gasteiger partial charge in [-0.3, -0.25) is 4.79 Å². The molecule has 0 bridgehead atoms. The number of methoxy groups -OCH3 is 3. The minimum absolute atomic E-state index is 0.108. The van der Waals surface area contributed by atoms with Crippen LogP contribution in [0.3, 0.4) is 0 Å². The van der Waals surface area contributed by atoms with Crippen molar-refractivity contribution in [3.63, 3.8) is 0 Å². The number of rotatable bonds is 5. The number of carbonyl (C=O) groups excluding carboxylic acids is 2. The maximum Gasteiger partial charge on any atom is 0.340 e. The molecule has 0 radical (unpaired) electrons. The fourth-order valence-electron chi connectivity index (χ4n) is 1.53. The van der Waals surface area contributed by atoms with Crippen LogP contribution in [-0.2, 0) is 9.53 Å². The van der Waals surface area contributed by atoms with Gasteiger partial charge in [0.25, 0.3) is 0 Å². The molecule has 7 heteroatoms. The van der Waals surface area contributed by atoms with Crippen molar-refractivity contribution >= 4 is 17.6 Å². The van der Waals surface area contributed by atoms with Crippen molar-refractivity contribution in [2.45, 2.75) is 6.42 Å². The molecule has 0 saturated carbocycles. The zero-order valence-electron chi connectivity index (χ0n) is 11.4. The number of carbonyl (C=O) groups is 2. The summed E-state index contributed by atoms with van der Waals surface area (Å²) in [4.78, 5) is 23.2. The van der Waals surface area contributed by atoms with Crippen molar-refractivity contribution in [1.29, 1.82) is 5.26 Å². The van der Waals surface area contributed by atoms with Crippen molar-refractivity contribution in [2.24, 2.45) is 0 Å². The monoisotopic (exact) mass is 278 g/mol. The van der Waals surface area contributed by atoms with E-state index in [4.69, 9.17) is 14.7 Å². The molecule has 0 unspecified atom stereocenters. The van der Waals surface area contributed by atoms with Crippen LogP contribution in [0.25, 0.3) is 0 Å². The van der Waals surface area contributed by atoms with Crippen LogP contribution in [-0.4, -0.2) is 33.2 Å². The second-order valence-electron chi connectivity index (χ2n) is 3.63. The van der Waals surface area contributed by atoms with Crippen LogP contribution in [0.2, 0.25) is 0 Å². The zero-order valence-corrected chi connectivity index (χ0v) is 11.4. The minimum atomic E-state index is -0.641. The lowest BCUT2D eigenvalue weighted by atomic mass is 10.1. The number of benzene rings is 1. The van der Waals surface area contributed by atoms with Crippen molar-refractivity contribution in [3.8, 4) is 17.6 Å². The van der Waals surface area contributed by atoms with Crippen LogP contribution in [0.4, 0.5) is 5.69 Å². The van der Waals surface area contributed by atoms with Gasteiger partial charge in [-0.25, -0.2) is 4.79 Å². The highest BCUT2D eigenvalue weighted by atomic mass is 16.5. The number of nitriles is 1. The number of esters is 1.